The van der Waals surface area contributed by atoms with Crippen LogP contribution in [0.3, 0.4) is 0 Å². The second kappa shape index (κ2) is 8.73. The van der Waals surface area contributed by atoms with Crippen LogP contribution in [0.1, 0.15) is 53.7 Å². The third-order valence-electron chi connectivity index (χ3n) is 6.05. The number of thioether (sulfide) groups is 1. The van der Waals surface area contributed by atoms with Crippen molar-refractivity contribution >= 4 is 28.5 Å². The number of amidine groups is 1. The number of nitrogens with one attached hydrogen (secondary N) is 1. The predicted octanol–water partition coefficient (Wildman–Crippen LogP) is 5.33. The number of halogens is 4. The molecule has 2 atom stereocenters. The second-order valence-corrected chi connectivity index (χ2v) is 9.07. The molecule has 1 aromatic carbocycles. The summed E-state index contributed by atoms with van der Waals surface area (Å²) in [6, 6.07) is 5.90. The van der Waals surface area contributed by atoms with E-state index in [1.165, 1.54) is 30.0 Å². The van der Waals surface area contributed by atoms with Crippen molar-refractivity contribution in [1.82, 2.24) is 4.98 Å². The molecule has 170 valence electrons. The van der Waals surface area contributed by atoms with E-state index in [9.17, 15) is 18.0 Å². The van der Waals surface area contributed by atoms with Crippen molar-refractivity contribution in [1.29, 1.82) is 0 Å². The van der Waals surface area contributed by atoms with E-state index in [4.69, 9.17) is 10.7 Å². The van der Waals surface area contributed by atoms with Gasteiger partial charge in [0.1, 0.15) is 11.5 Å². The van der Waals surface area contributed by atoms with E-state index < -0.39 is 34.7 Å². The quantitative estimate of drug-likeness (QED) is 0.600. The highest BCUT2D eigenvalue weighted by Crippen LogP contribution is 2.49. The van der Waals surface area contributed by atoms with Crippen molar-refractivity contribution in [2.45, 2.75) is 43.8 Å². The van der Waals surface area contributed by atoms with Crippen molar-refractivity contribution in [3.63, 3.8) is 0 Å². The number of aromatic nitrogens is 1. The van der Waals surface area contributed by atoms with Crippen LogP contribution in [0.2, 0.25) is 0 Å². The summed E-state index contributed by atoms with van der Waals surface area (Å²) in [6.45, 7) is 0. The number of nitrogens with zero attached hydrogens (tertiary/aromatic N) is 2. The number of nitrogens with two attached hydrogens (primary N) is 1. The Bertz CT molecular complexity index is 1060. The average Bonchev–Trinajstić information content (AvgIpc) is 2.97. The topological polar surface area (TPSA) is 80.4 Å². The van der Waals surface area contributed by atoms with Gasteiger partial charge in [-0.3, -0.25) is 14.8 Å². The number of hydrogen-bond donors (Lipinski definition) is 2. The van der Waals surface area contributed by atoms with E-state index in [-0.39, 0.29) is 11.6 Å². The van der Waals surface area contributed by atoms with Gasteiger partial charge in [0, 0.05) is 23.2 Å². The van der Waals surface area contributed by atoms with Gasteiger partial charge in [0.05, 0.1) is 11.1 Å². The number of aliphatic imine (C=N–C) groups is 1. The average molecular weight is 467 g/mol. The van der Waals surface area contributed by atoms with Gasteiger partial charge in [-0.2, -0.15) is 13.2 Å². The van der Waals surface area contributed by atoms with Gasteiger partial charge in [-0.1, -0.05) is 31.0 Å². The summed E-state index contributed by atoms with van der Waals surface area (Å²) in [5, 5.41) is 2.83. The fourth-order valence-electron chi connectivity index (χ4n) is 4.54. The molecule has 0 bridgehead atoms. The molecule has 0 spiro atoms. The van der Waals surface area contributed by atoms with Crippen LogP contribution in [0.5, 0.6) is 0 Å². The zero-order chi connectivity index (χ0) is 22.9. The van der Waals surface area contributed by atoms with Gasteiger partial charge in [0.15, 0.2) is 5.17 Å². The summed E-state index contributed by atoms with van der Waals surface area (Å²) < 4.78 is 54.9. The number of hydrogen-bond acceptors (Lipinski definition) is 5. The molecule has 1 fully saturated rings. The molecule has 1 saturated carbocycles. The van der Waals surface area contributed by atoms with Crippen LogP contribution in [0.4, 0.5) is 23.2 Å². The Hall–Kier alpha value is -2.62. The Balaban J connectivity index is 1.71. The molecule has 0 radical (unpaired) electrons. The first-order chi connectivity index (χ1) is 15.2. The number of fused-ring (bicyclic) bond motifs is 1. The monoisotopic (exact) mass is 466 g/mol. The van der Waals surface area contributed by atoms with Crippen LogP contribution >= 0.6 is 11.8 Å². The number of amides is 1. The second-order valence-electron chi connectivity index (χ2n) is 8.03. The van der Waals surface area contributed by atoms with Crippen LogP contribution in [-0.2, 0) is 11.7 Å². The van der Waals surface area contributed by atoms with Crippen LogP contribution in [0.25, 0.3) is 0 Å². The first-order valence-electron chi connectivity index (χ1n) is 10.3. The number of carbonyl (C=O) groups is 1. The zero-order valence-electron chi connectivity index (χ0n) is 17.1. The third-order valence-corrected chi connectivity index (χ3v) is 7.00. The lowest BCUT2D eigenvalue weighted by Crippen LogP contribution is -2.40. The number of anilines is 1. The van der Waals surface area contributed by atoms with Crippen LogP contribution < -0.4 is 11.1 Å². The lowest BCUT2D eigenvalue weighted by Gasteiger charge is -2.40. The Kier molecular flexibility index (Phi) is 6.15. The predicted molar refractivity (Wildman–Crippen MR) is 116 cm³/mol. The molecule has 1 aliphatic carbocycles. The minimum Gasteiger partial charge on any atom is -0.379 e. The number of pyridine rings is 1. The molecule has 5 nitrogen and oxygen atoms in total. The molecule has 4 rings (SSSR count). The Morgan fingerprint density at radius 3 is 2.81 bits per heavy atom. The van der Waals surface area contributed by atoms with E-state index >= 15 is 4.39 Å². The van der Waals surface area contributed by atoms with Gasteiger partial charge < -0.3 is 11.1 Å². The maximum absolute atomic E-state index is 15.1. The number of alkyl halides is 3. The lowest BCUT2D eigenvalue weighted by molar-refractivity contribution is -0.138. The molecular weight excluding hydrogens is 444 g/mol. The van der Waals surface area contributed by atoms with Crippen LogP contribution in [0.15, 0.2) is 41.5 Å². The molecule has 2 heterocycles. The standard InChI is InChI=1S/C22H22F4N4OS/c23-17-8-7-14(29-19(31)18-15(22(24,25)26)6-4-10-28-18)11-16(17)21-9-3-1-2-5-13(21)12-32-20(27)30-21/h4,6-8,10-11,13H,1-3,5,9,12H2,(H2,27,30)(H,29,31). The molecule has 1 aliphatic heterocycles. The third kappa shape index (κ3) is 4.32. The fourth-order valence-corrected chi connectivity index (χ4v) is 5.58. The van der Waals surface area contributed by atoms with E-state index in [1.807, 2.05) is 0 Å². The highest BCUT2D eigenvalue weighted by Gasteiger charge is 2.45. The summed E-state index contributed by atoms with van der Waals surface area (Å²) in [5.74, 6) is -0.705. The van der Waals surface area contributed by atoms with Gasteiger partial charge in [0.25, 0.3) is 5.91 Å². The number of benzene rings is 1. The zero-order valence-corrected chi connectivity index (χ0v) is 17.9. The normalized spacial score (nSPS) is 23.6. The Morgan fingerprint density at radius 1 is 1.22 bits per heavy atom. The maximum Gasteiger partial charge on any atom is 0.418 e. The molecule has 2 aliphatic rings. The first-order valence-corrected chi connectivity index (χ1v) is 11.3. The smallest absolute Gasteiger partial charge is 0.379 e. The summed E-state index contributed by atoms with van der Waals surface area (Å²) in [6.07, 6.45) is 0.766. The van der Waals surface area contributed by atoms with Crippen LogP contribution in [0, 0.1) is 11.7 Å². The summed E-state index contributed by atoms with van der Waals surface area (Å²) >= 11 is 1.45. The van der Waals surface area contributed by atoms with E-state index in [0.717, 1.165) is 44.0 Å². The first kappa shape index (κ1) is 22.6. The van der Waals surface area contributed by atoms with Crippen LogP contribution in [-0.4, -0.2) is 21.8 Å². The molecule has 32 heavy (non-hydrogen) atoms. The molecule has 10 heteroatoms. The van der Waals surface area contributed by atoms with Gasteiger partial charge in [0.2, 0.25) is 0 Å². The Labute approximate surface area is 186 Å². The van der Waals surface area contributed by atoms with Crippen molar-refractivity contribution in [2.24, 2.45) is 16.6 Å². The molecule has 2 unspecified atom stereocenters. The minimum absolute atomic E-state index is 0.0790. The highest BCUT2D eigenvalue weighted by molar-refractivity contribution is 8.13. The maximum atomic E-state index is 15.1. The Morgan fingerprint density at radius 2 is 2.03 bits per heavy atom. The van der Waals surface area contributed by atoms with Gasteiger partial charge in [-0.05, 0) is 49.1 Å². The lowest BCUT2D eigenvalue weighted by atomic mass is 9.75. The van der Waals surface area contributed by atoms with E-state index in [1.54, 1.807) is 0 Å². The minimum atomic E-state index is -4.73. The summed E-state index contributed by atoms with van der Waals surface area (Å²) in [7, 11) is 0. The molecule has 3 N–H and O–H groups in total. The van der Waals surface area contributed by atoms with Gasteiger partial charge in [-0.25, -0.2) is 4.39 Å². The SMILES string of the molecule is NC1=NC2(c3cc(NC(=O)c4ncccc4C(F)(F)F)ccc3F)CCCCCC2CS1. The molecule has 2 aromatic rings. The van der Waals surface area contributed by atoms with Gasteiger partial charge in [-0.15, -0.1) is 0 Å². The fraction of sp³-hybridized carbons (Fsp3) is 0.409. The van der Waals surface area contributed by atoms with Crippen molar-refractivity contribution < 1.29 is 22.4 Å². The highest BCUT2D eigenvalue weighted by atomic mass is 32.2. The summed E-state index contributed by atoms with van der Waals surface area (Å²) in [5.41, 5.74) is 3.78. The van der Waals surface area contributed by atoms with Crippen molar-refractivity contribution in [3.8, 4) is 0 Å². The van der Waals surface area contributed by atoms with E-state index in [2.05, 4.69) is 10.3 Å². The summed E-state index contributed by atoms with van der Waals surface area (Å²) in [4.78, 5) is 20.9. The molecule has 0 saturated heterocycles. The number of rotatable bonds is 3. The molecule has 1 amide bonds. The molecular formula is C22H22F4N4OS. The van der Waals surface area contributed by atoms with Crippen molar-refractivity contribution in [2.75, 3.05) is 11.1 Å². The largest absolute Gasteiger partial charge is 0.418 e. The van der Waals surface area contributed by atoms with Gasteiger partial charge >= 0.3 is 6.18 Å². The molecule has 1 aromatic heterocycles. The van der Waals surface area contributed by atoms with Crippen molar-refractivity contribution in [3.05, 3.63) is 59.2 Å². The number of carbonyl (C=O) groups excluding carboxylic acids is 1. The van der Waals surface area contributed by atoms with E-state index in [0.29, 0.717) is 22.9 Å².